The third-order valence-corrected chi connectivity index (χ3v) is 7.17. The van der Waals surface area contributed by atoms with Gasteiger partial charge in [-0.2, -0.15) is 52.7 Å². The molecule has 0 fully saturated rings. The highest BCUT2D eigenvalue weighted by molar-refractivity contribution is 5.77. The van der Waals surface area contributed by atoms with E-state index in [4.69, 9.17) is 22.9 Å². The summed E-state index contributed by atoms with van der Waals surface area (Å²) < 4.78 is 161. The van der Waals surface area contributed by atoms with Crippen LogP contribution in [0.4, 0.5) is 64.1 Å². The van der Waals surface area contributed by atoms with Gasteiger partial charge in [-0.05, 0) is 58.7 Å². The Morgan fingerprint density at radius 3 is 0.886 bits per heavy atom. The van der Waals surface area contributed by atoms with Crippen molar-refractivity contribution in [1.29, 1.82) is 0 Å². The van der Waals surface area contributed by atoms with Gasteiger partial charge in [0.2, 0.25) is 0 Å². The molecule has 0 saturated heterocycles. The molecule has 8 N–H and O–H groups in total. The van der Waals surface area contributed by atoms with Gasteiger partial charge in [0.1, 0.15) is 0 Å². The Morgan fingerprint density at radius 2 is 0.659 bits per heavy atom. The van der Waals surface area contributed by atoms with Crippen LogP contribution in [0.3, 0.4) is 0 Å². The van der Waals surface area contributed by atoms with Crippen LogP contribution in [0.25, 0.3) is 11.1 Å². The molecule has 240 valence electrons. The second-order valence-electron chi connectivity index (χ2n) is 10.0. The summed E-state index contributed by atoms with van der Waals surface area (Å²) in [5.74, 6) is 0. The van der Waals surface area contributed by atoms with Gasteiger partial charge >= 0.3 is 24.7 Å². The Kier molecular flexibility index (Phi) is 8.84. The number of hydrogen-bond acceptors (Lipinski definition) is 4. The Bertz CT molecular complexity index is 1330. The minimum atomic E-state index is -5.54. The zero-order valence-corrected chi connectivity index (χ0v) is 22.2. The SMILES string of the molecule is NC1=CC=C(c2ccc(N)cc2)C(C(F)(F)F)(C(F)(F)F)C1.NC1=CC=C(c2ccc(N)cc2)C(C(F)(F)F)(C(F)(F)F)C1. The number of nitrogens with two attached hydrogens (primary N) is 4. The summed E-state index contributed by atoms with van der Waals surface area (Å²) in [5.41, 5.74) is 10.6. The zero-order valence-electron chi connectivity index (χ0n) is 22.2. The fraction of sp³-hybridized carbons (Fsp3) is 0.286. The molecule has 2 aliphatic carbocycles. The van der Waals surface area contributed by atoms with E-state index in [0.717, 1.165) is 48.6 Å². The highest BCUT2D eigenvalue weighted by atomic mass is 19.4. The summed E-state index contributed by atoms with van der Waals surface area (Å²) in [6.07, 6.45) is -21.3. The van der Waals surface area contributed by atoms with E-state index >= 15 is 0 Å². The third kappa shape index (κ3) is 6.06. The fourth-order valence-electron chi connectivity index (χ4n) is 4.93. The summed E-state index contributed by atoms with van der Waals surface area (Å²) in [4.78, 5) is 0. The first-order valence-electron chi connectivity index (χ1n) is 12.3. The number of rotatable bonds is 2. The molecule has 0 aliphatic heterocycles. The number of allylic oxidation sites excluding steroid dienone is 8. The molecular weight excluding hydrogens is 620 g/mol. The predicted molar refractivity (Wildman–Crippen MR) is 141 cm³/mol. The molecule has 4 nitrogen and oxygen atoms in total. The molecule has 0 aromatic heterocycles. The Balaban J connectivity index is 0.000000240. The van der Waals surface area contributed by atoms with E-state index in [2.05, 4.69) is 0 Å². The lowest BCUT2D eigenvalue weighted by atomic mass is 9.69. The lowest BCUT2D eigenvalue weighted by Gasteiger charge is -2.41. The molecule has 16 heteroatoms. The molecule has 0 saturated carbocycles. The lowest BCUT2D eigenvalue weighted by Crippen LogP contribution is -2.52. The monoisotopic (exact) mass is 644 g/mol. The molecule has 0 radical (unpaired) electrons. The topological polar surface area (TPSA) is 104 Å². The van der Waals surface area contributed by atoms with Crippen LogP contribution in [0.15, 0.2) is 84.2 Å². The number of nitrogen functional groups attached to an aromatic ring is 2. The molecular formula is C28H24F12N4. The number of benzene rings is 2. The summed E-state index contributed by atoms with van der Waals surface area (Å²) in [6, 6.07) is 9.49. The fourth-order valence-corrected chi connectivity index (χ4v) is 4.93. The van der Waals surface area contributed by atoms with Crippen molar-refractivity contribution in [3.8, 4) is 0 Å². The molecule has 2 aromatic rings. The summed E-state index contributed by atoms with van der Waals surface area (Å²) in [6.45, 7) is 0. The molecule has 2 aromatic carbocycles. The van der Waals surface area contributed by atoms with Gasteiger partial charge in [-0.3, -0.25) is 0 Å². The average Bonchev–Trinajstić information content (AvgIpc) is 2.87. The molecule has 2 aliphatic rings. The van der Waals surface area contributed by atoms with Gasteiger partial charge in [0.25, 0.3) is 0 Å². The van der Waals surface area contributed by atoms with Crippen LogP contribution in [0.2, 0.25) is 0 Å². The quantitative estimate of drug-likeness (QED) is 0.196. The van der Waals surface area contributed by atoms with E-state index in [1.54, 1.807) is 0 Å². The van der Waals surface area contributed by atoms with Crippen LogP contribution in [-0.4, -0.2) is 24.7 Å². The molecule has 0 spiro atoms. The van der Waals surface area contributed by atoms with E-state index in [-0.39, 0.29) is 22.5 Å². The largest absolute Gasteiger partial charge is 0.407 e. The summed E-state index contributed by atoms with van der Waals surface area (Å²) >= 11 is 0. The van der Waals surface area contributed by atoms with Crippen molar-refractivity contribution in [2.45, 2.75) is 37.5 Å². The van der Waals surface area contributed by atoms with E-state index in [0.29, 0.717) is 0 Å². The van der Waals surface area contributed by atoms with Gasteiger partial charge in [0.05, 0.1) is 0 Å². The van der Waals surface area contributed by atoms with Crippen LogP contribution >= 0.6 is 0 Å². The van der Waals surface area contributed by atoms with E-state index in [9.17, 15) is 52.7 Å². The van der Waals surface area contributed by atoms with Crippen molar-refractivity contribution in [1.82, 2.24) is 0 Å². The van der Waals surface area contributed by atoms with Crippen molar-refractivity contribution in [3.63, 3.8) is 0 Å². The predicted octanol–water partition coefficient (Wildman–Crippen LogP) is 8.02. The maximum atomic E-state index is 13.4. The Hall–Kier alpha value is -4.24. The van der Waals surface area contributed by atoms with Crippen molar-refractivity contribution < 1.29 is 52.7 Å². The van der Waals surface area contributed by atoms with Crippen LogP contribution in [0, 0.1) is 10.8 Å². The van der Waals surface area contributed by atoms with Gasteiger partial charge in [-0.1, -0.05) is 36.4 Å². The lowest BCUT2D eigenvalue weighted by molar-refractivity contribution is -0.317. The van der Waals surface area contributed by atoms with E-state index in [1.165, 1.54) is 24.3 Å². The highest BCUT2D eigenvalue weighted by Crippen LogP contribution is 2.63. The highest BCUT2D eigenvalue weighted by Gasteiger charge is 2.74. The summed E-state index contributed by atoms with van der Waals surface area (Å²) in [5, 5.41) is 0. The number of halogens is 12. The van der Waals surface area contributed by atoms with Crippen LogP contribution in [0.5, 0.6) is 0 Å². The minimum absolute atomic E-state index is 0.201. The van der Waals surface area contributed by atoms with Crippen LogP contribution < -0.4 is 22.9 Å². The van der Waals surface area contributed by atoms with E-state index < -0.39 is 70.9 Å². The second-order valence-corrected chi connectivity index (χ2v) is 10.0. The summed E-state index contributed by atoms with van der Waals surface area (Å²) in [7, 11) is 0. The van der Waals surface area contributed by atoms with Crippen molar-refractivity contribution in [2.75, 3.05) is 11.5 Å². The van der Waals surface area contributed by atoms with Crippen molar-refractivity contribution in [3.05, 3.63) is 95.4 Å². The standard InChI is InChI=1S/2C14H12F6N2/c2*15-13(16,17)12(14(18,19)20)7-10(22)5-6-11(12)8-1-3-9(21)4-2-8/h2*1-6H,7,21-22H2. The smallest absolute Gasteiger partial charge is 0.402 e. The molecule has 0 amide bonds. The van der Waals surface area contributed by atoms with Gasteiger partial charge < -0.3 is 22.9 Å². The molecule has 44 heavy (non-hydrogen) atoms. The number of hydrogen-bond donors (Lipinski definition) is 4. The number of alkyl halides is 12. The molecule has 4 rings (SSSR count). The molecule has 0 unspecified atom stereocenters. The normalized spacial score (nSPS) is 18.6. The van der Waals surface area contributed by atoms with Gasteiger partial charge in [0.15, 0.2) is 10.8 Å². The minimum Gasteiger partial charge on any atom is -0.402 e. The molecule has 0 atom stereocenters. The Labute approximate surface area is 242 Å². The van der Waals surface area contributed by atoms with Crippen molar-refractivity contribution >= 4 is 22.5 Å². The zero-order chi connectivity index (χ0) is 33.5. The first-order chi connectivity index (χ1) is 20.0. The van der Waals surface area contributed by atoms with E-state index in [1.807, 2.05) is 0 Å². The average molecular weight is 645 g/mol. The molecule has 0 heterocycles. The van der Waals surface area contributed by atoms with Crippen LogP contribution in [-0.2, 0) is 0 Å². The molecule has 0 bridgehead atoms. The second kappa shape index (κ2) is 11.4. The Morgan fingerprint density at radius 1 is 0.409 bits per heavy atom. The number of anilines is 2. The maximum absolute atomic E-state index is 13.4. The first kappa shape index (κ1) is 34.3. The van der Waals surface area contributed by atoms with Crippen molar-refractivity contribution in [2.24, 2.45) is 22.3 Å². The van der Waals surface area contributed by atoms with Gasteiger partial charge in [-0.25, -0.2) is 0 Å². The van der Waals surface area contributed by atoms with Crippen LogP contribution in [0.1, 0.15) is 24.0 Å². The first-order valence-corrected chi connectivity index (χ1v) is 12.3. The third-order valence-electron chi connectivity index (χ3n) is 7.17. The van der Waals surface area contributed by atoms with Gasteiger partial charge in [0, 0.05) is 35.6 Å². The van der Waals surface area contributed by atoms with Gasteiger partial charge in [-0.15, -0.1) is 0 Å². The maximum Gasteiger partial charge on any atom is 0.407 e.